The molecular formula is C89H146O17P2. The number of rotatable bonds is 76. The summed E-state index contributed by atoms with van der Waals surface area (Å²) in [6, 6.07) is 0. The van der Waals surface area contributed by atoms with E-state index < -0.39 is 97.5 Å². The minimum Gasteiger partial charge on any atom is -0.462 e. The first-order valence-corrected chi connectivity index (χ1v) is 44.4. The van der Waals surface area contributed by atoms with E-state index in [1.807, 2.05) is 18.2 Å². The lowest BCUT2D eigenvalue weighted by Crippen LogP contribution is -2.30. The van der Waals surface area contributed by atoms with Crippen LogP contribution in [-0.4, -0.2) is 96.7 Å². The van der Waals surface area contributed by atoms with Gasteiger partial charge in [-0.05, 0) is 167 Å². The molecule has 5 atom stereocenters. The molecule has 3 N–H and O–H groups in total. The molecule has 5 unspecified atom stereocenters. The number of carbonyl (C=O) groups is 4. The van der Waals surface area contributed by atoms with Gasteiger partial charge in [-0.25, -0.2) is 9.13 Å². The van der Waals surface area contributed by atoms with E-state index in [-0.39, 0.29) is 25.7 Å². The van der Waals surface area contributed by atoms with Gasteiger partial charge < -0.3 is 33.8 Å². The minimum atomic E-state index is -5.01. The first-order valence-electron chi connectivity index (χ1n) is 41.4. The van der Waals surface area contributed by atoms with E-state index in [1.54, 1.807) is 0 Å². The number of allylic oxidation sites excluding steroid dienone is 28. The van der Waals surface area contributed by atoms with Crippen LogP contribution < -0.4 is 0 Å². The number of phosphoric acid groups is 2. The quantitative estimate of drug-likeness (QED) is 0.0169. The Balaban J connectivity index is 5.47. The molecule has 0 spiro atoms. The minimum absolute atomic E-state index is 0.0291. The van der Waals surface area contributed by atoms with Gasteiger partial charge in [0.2, 0.25) is 0 Å². The predicted octanol–water partition coefficient (Wildman–Crippen LogP) is 24.6. The van der Waals surface area contributed by atoms with Gasteiger partial charge in [-0.2, -0.15) is 0 Å². The highest BCUT2D eigenvalue weighted by atomic mass is 31.2. The zero-order chi connectivity index (χ0) is 78.9. The third-order valence-electron chi connectivity index (χ3n) is 16.7. The van der Waals surface area contributed by atoms with E-state index in [1.165, 1.54) is 44.9 Å². The summed E-state index contributed by atoms with van der Waals surface area (Å²) in [5.41, 5.74) is 0. The van der Waals surface area contributed by atoms with Crippen molar-refractivity contribution in [2.45, 2.75) is 329 Å². The number of hydrogen-bond donors (Lipinski definition) is 3. The Morgan fingerprint density at radius 1 is 0.269 bits per heavy atom. The van der Waals surface area contributed by atoms with Crippen molar-refractivity contribution in [1.29, 1.82) is 0 Å². The summed E-state index contributed by atoms with van der Waals surface area (Å²) in [7, 11) is -10.0. The van der Waals surface area contributed by atoms with Crippen LogP contribution in [0.1, 0.15) is 310 Å². The van der Waals surface area contributed by atoms with Crippen LogP contribution in [0.25, 0.3) is 0 Å². The zero-order valence-electron chi connectivity index (χ0n) is 67.2. The van der Waals surface area contributed by atoms with Gasteiger partial charge in [0, 0.05) is 25.7 Å². The lowest BCUT2D eigenvalue weighted by molar-refractivity contribution is -0.161. The van der Waals surface area contributed by atoms with Gasteiger partial charge in [0.05, 0.1) is 26.4 Å². The maximum absolute atomic E-state index is 13.1. The molecule has 0 aromatic heterocycles. The van der Waals surface area contributed by atoms with E-state index in [4.69, 9.17) is 37.0 Å². The molecule has 0 aliphatic carbocycles. The predicted molar refractivity (Wildman–Crippen MR) is 445 cm³/mol. The first-order chi connectivity index (χ1) is 52.7. The second kappa shape index (κ2) is 79.5. The average molecular weight is 1550 g/mol. The molecule has 0 aromatic carbocycles. The molecule has 0 aliphatic rings. The molecule has 614 valence electrons. The maximum Gasteiger partial charge on any atom is 0.472 e. The van der Waals surface area contributed by atoms with Gasteiger partial charge in [0.1, 0.15) is 19.3 Å². The van der Waals surface area contributed by atoms with Gasteiger partial charge in [-0.1, -0.05) is 288 Å². The SMILES string of the molecule is CC/C=C\C/C=C\C/C=C\C/C=C\C/C=C\C/C=C\CCC(=O)OCC(COP(=O)(O)OCC(O)COP(=O)(O)OCC(COC(=O)CCCCCCCC/C=C\C/C=C\C/C=C\CCCCC)OC(=O)CCCCCC/C=C\C/C=C\C/C=C\C/C=C\CC)OC(=O)CCCCCCC/C=C\CCCCCC. The van der Waals surface area contributed by atoms with Crippen molar-refractivity contribution in [3.8, 4) is 0 Å². The van der Waals surface area contributed by atoms with Crippen LogP contribution in [0, 0.1) is 0 Å². The highest BCUT2D eigenvalue weighted by Gasteiger charge is 2.30. The van der Waals surface area contributed by atoms with Crippen molar-refractivity contribution in [3.05, 3.63) is 170 Å². The number of unbranched alkanes of at least 4 members (excludes halogenated alkanes) is 22. The van der Waals surface area contributed by atoms with Crippen LogP contribution in [0.4, 0.5) is 0 Å². The maximum atomic E-state index is 13.1. The Morgan fingerprint density at radius 2 is 0.500 bits per heavy atom. The highest BCUT2D eigenvalue weighted by molar-refractivity contribution is 7.47. The first kappa shape index (κ1) is 102. The largest absolute Gasteiger partial charge is 0.472 e. The van der Waals surface area contributed by atoms with Crippen molar-refractivity contribution in [1.82, 2.24) is 0 Å². The van der Waals surface area contributed by atoms with Gasteiger partial charge in [0.25, 0.3) is 0 Å². The molecule has 0 rings (SSSR count). The van der Waals surface area contributed by atoms with Crippen LogP contribution in [0.3, 0.4) is 0 Å². The zero-order valence-corrected chi connectivity index (χ0v) is 69.0. The van der Waals surface area contributed by atoms with Gasteiger partial charge >= 0.3 is 39.5 Å². The second-order valence-corrected chi connectivity index (χ2v) is 29.8. The molecule has 0 aromatic rings. The Morgan fingerprint density at radius 3 is 0.824 bits per heavy atom. The van der Waals surface area contributed by atoms with Crippen LogP contribution in [0.5, 0.6) is 0 Å². The number of aliphatic hydroxyl groups is 1. The Bertz CT molecular complexity index is 2710. The molecule has 0 fully saturated rings. The molecule has 0 bridgehead atoms. The van der Waals surface area contributed by atoms with Crippen LogP contribution in [-0.2, 0) is 65.4 Å². The molecule has 0 amide bonds. The van der Waals surface area contributed by atoms with Crippen molar-refractivity contribution in [2.24, 2.45) is 0 Å². The number of esters is 4. The topological polar surface area (TPSA) is 237 Å². The van der Waals surface area contributed by atoms with Crippen LogP contribution in [0.15, 0.2) is 170 Å². The fraction of sp³-hybridized carbons (Fsp3) is 0.640. The van der Waals surface area contributed by atoms with Crippen LogP contribution in [0.2, 0.25) is 0 Å². The fourth-order valence-corrected chi connectivity index (χ4v) is 12.0. The van der Waals surface area contributed by atoms with E-state index in [0.717, 1.165) is 180 Å². The Hall–Kier alpha value is -5.58. The molecule has 0 heterocycles. The third-order valence-corrected chi connectivity index (χ3v) is 18.6. The third kappa shape index (κ3) is 78.5. The Labute approximate surface area is 654 Å². The number of carbonyl (C=O) groups excluding carboxylic acids is 4. The summed E-state index contributed by atoms with van der Waals surface area (Å²) in [6.07, 6.45) is 94.8. The highest BCUT2D eigenvalue weighted by Crippen LogP contribution is 2.45. The summed E-state index contributed by atoms with van der Waals surface area (Å²) in [5.74, 6) is -2.33. The molecule has 0 saturated heterocycles. The van der Waals surface area contributed by atoms with Crippen molar-refractivity contribution >= 4 is 39.5 Å². The number of hydrogen-bond acceptors (Lipinski definition) is 15. The monoisotopic (exact) mass is 1550 g/mol. The van der Waals surface area contributed by atoms with Gasteiger partial charge in [-0.15, -0.1) is 0 Å². The smallest absolute Gasteiger partial charge is 0.462 e. The average Bonchev–Trinajstić information content (AvgIpc) is 0.916. The van der Waals surface area contributed by atoms with Crippen LogP contribution >= 0.6 is 15.6 Å². The number of phosphoric ester groups is 2. The molecule has 108 heavy (non-hydrogen) atoms. The summed E-state index contributed by atoms with van der Waals surface area (Å²) < 4.78 is 68.6. The lowest BCUT2D eigenvalue weighted by atomic mass is 10.1. The molecule has 0 saturated carbocycles. The van der Waals surface area contributed by atoms with E-state index in [9.17, 15) is 43.2 Å². The molecule has 0 radical (unpaired) electrons. The number of aliphatic hydroxyl groups excluding tert-OH is 1. The van der Waals surface area contributed by atoms with Crippen molar-refractivity contribution in [3.63, 3.8) is 0 Å². The summed E-state index contributed by atoms with van der Waals surface area (Å²) >= 11 is 0. The van der Waals surface area contributed by atoms with Gasteiger partial charge in [-0.3, -0.25) is 37.3 Å². The number of ether oxygens (including phenoxy) is 4. The van der Waals surface area contributed by atoms with Gasteiger partial charge in [0.15, 0.2) is 12.2 Å². The summed E-state index contributed by atoms with van der Waals surface area (Å²) in [4.78, 5) is 73.1. The van der Waals surface area contributed by atoms with Crippen molar-refractivity contribution < 1.29 is 80.2 Å². The fourth-order valence-electron chi connectivity index (χ4n) is 10.4. The normalized spacial score (nSPS) is 14.7. The summed E-state index contributed by atoms with van der Waals surface area (Å²) in [6.45, 7) is 4.47. The Kier molecular flexibility index (Phi) is 75.4. The molecule has 17 nitrogen and oxygen atoms in total. The molecule has 19 heteroatoms. The van der Waals surface area contributed by atoms with E-state index >= 15 is 0 Å². The van der Waals surface area contributed by atoms with Crippen molar-refractivity contribution in [2.75, 3.05) is 39.6 Å². The molecular weight excluding hydrogens is 1400 g/mol. The summed E-state index contributed by atoms with van der Waals surface area (Å²) in [5, 5.41) is 10.7. The standard InChI is InChI=1S/C89H146O17P2/c1-5-9-13-17-21-25-29-33-36-39-41-44-46-50-53-57-61-65-69-73-86(91)99-79-84(105-88(93)75-71-67-63-59-55-49-32-28-24-20-16-12-8-4)81-103-107(95,96)101-77-83(90)78-102-108(97,98)104-82-85(106-89(94)76-72-68-64-60-56-52-48-43-38-35-31-27-23-19-15-11-7-3)80-100-87(92)74-70-66-62-58-54-51-47-45-42-40-37-34-30-26-22-18-14-10-6-2/h9,11,13,15,21-23,25-28,32-38,41-42,44-45,48,50,52-53,61,65,83-85,90H,5-8,10,12,14,16-20,24,29-31,39-40,43,46-47,49,51,54-60,62-64,66-82H2,1-4H3,(H,95,96)(H,97,98)/b13-9-,15-11-,25-21-,26-22-,27-23-,32-28-,36-33-,37-34-,38-35-,44-41-,45-42-,52-48-,53-50-,65-61-. The lowest BCUT2D eigenvalue weighted by Gasteiger charge is -2.21. The second-order valence-electron chi connectivity index (χ2n) is 26.9. The van der Waals surface area contributed by atoms with E-state index in [2.05, 4.69) is 180 Å². The van der Waals surface area contributed by atoms with E-state index in [0.29, 0.717) is 32.1 Å². The molecule has 0 aliphatic heterocycles.